The Balaban J connectivity index is 1.88. The molecule has 0 radical (unpaired) electrons. The Kier molecular flexibility index (Phi) is 5.17. The average Bonchev–Trinajstić information content (AvgIpc) is 2.79. The minimum Gasteiger partial charge on any atom is -0.444 e. The van der Waals surface area contributed by atoms with Gasteiger partial charge < -0.3 is 25.2 Å². The lowest BCUT2D eigenvalue weighted by molar-refractivity contribution is -0.137. The summed E-state index contributed by atoms with van der Waals surface area (Å²) in [7, 11) is 0. The van der Waals surface area contributed by atoms with Crippen LogP contribution in [0.5, 0.6) is 0 Å². The van der Waals surface area contributed by atoms with Crippen LogP contribution in [0.15, 0.2) is 0 Å². The molecular formula is C15H27N3O5. The van der Waals surface area contributed by atoms with Crippen LogP contribution in [-0.2, 0) is 14.3 Å². The van der Waals surface area contributed by atoms with Crippen LogP contribution < -0.4 is 5.73 Å². The molecule has 2 rings (SSSR count). The maximum absolute atomic E-state index is 12.1. The van der Waals surface area contributed by atoms with Crippen LogP contribution in [0.3, 0.4) is 0 Å². The van der Waals surface area contributed by atoms with Gasteiger partial charge in [0.2, 0.25) is 5.91 Å². The van der Waals surface area contributed by atoms with E-state index in [0.29, 0.717) is 39.2 Å². The van der Waals surface area contributed by atoms with Gasteiger partial charge in [-0.25, -0.2) is 4.79 Å². The summed E-state index contributed by atoms with van der Waals surface area (Å²) in [6, 6.07) is 0. The molecule has 2 aliphatic rings. The second-order valence-corrected chi connectivity index (χ2v) is 7.37. The largest absolute Gasteiger partial charge is 0.444 e. The Labute approximate surface area is 136 Å². The summed E-state index contributed by atoms with van der Waals surface area (Å²) < 4.78 is 10.6. The maximum Gasteiger partial charge on any atom is 0.410 e. The minimum absolute atomic E-state index is 0.223. The lowest BCUT2D eigenvalue weighted by Gasteiger charge is -2.36. The van der Waals surface area contributed by atoms with Crippen molar-refractivity contribution in [3.05, 3.63) is 0 Å². The van der Waals surface area contributed by atoms with Gasteiger partial charge in [0.15, 0.2) is 0 Å². The third-order valence-electron chi connectivity index (χ3n) is 3.97. The van der Waals surface area contributed by atoms with Crippen LogP contribution in [0.1, 0.15) is 27.2 Å². The first-order valence-corrected chi connectivity index (χ1v) is 7.92. The monoisotopic (exact) mass is 329 g/mol. The number of nitrogens with zero attached hydrogens (tertiary/aromatic N) is 2. The quantitative estimate of drug-likeness (QED) is 0.726. The molecule has 0 saturated carbocycles. The highest BCUT2D eigenvalue weighted by atomic mass is 16.6. The van der Waals surface area contributed by atoms with Crippen LogP contribution in [0.25, 0.3) is 0 Å². The number of carbonyl (C=O) groups excluding carboxylic acids is 2. The molecular weight excluding hydrogens is 302 g/mol. The number of hydrogen-bond donors (Lipinski definition) is 2. The molecule has 0 aromatic rings. The fourth-order valence-electron chi connectivity index (χ4n) is 2.90. The molecule has 8 nitrogen and oxygen atoms in total. The van der Waals surface area contributed by atoms with Gasteiger partial charge in [0.25, 0.3) is 0 Å². The van der Waals surface area contributed by atoms with Gasteiger partial charge in [0, 0.05) is 26.2 Å². The number of aliphatic hydroxyl groups is 1. The van der Waals surface area contributed by atoms with Gasteiger partial charge in [0.1, 0.15) is 11.7 Å². The van der Waals surface area contributed by atoms with Crippen molar-refractivity contribution in [3.8, 4) is 0 Å². The highest BCUT2D eigenvalue weighted by Gasteiger charge is 2.41. The third kappa shape index (κ3) is 5.05. The average molecular weight is 329 g/mol. The van der Waals surface area contributed by atoms with Crippen molar-refractivity contribution in [2.24, 2.45) is 5.73 Å². The molecule has 0 aromatic carbocycles. The number of β-amino-alcohol motifs (C(OH)–C–C–N with tert-alkyl or cyclic N) is 1. The second-order valence-electron chi connectivity index (χ2n) is 7.37. The molecule has 2 amide bonds. The standard InChI is InChI=1S/C15H27N3O5/c1-14(2,3)23-13(20)18-5-4-15(21,10-18)9-17-6-7-22-11(8-17)12(16)19/h11,21H,4-10H2,1-3H3,(H2,16,19). The van der Waals surface area contributed by atoms with Crippen molar-refractivity contribution in [2.45, 2.75) is 44.5 Å². The summed E-state index contributed by atoms with van der Waals surface area (Å²) in [5.41, 5.74) is 3.71. The number of amides is 2. The zero-order valence-electron chi connectivity index (χ0n) is 14.1. The van der Waals surface area contributed by atoms with Crippen LogP contribution >= 0.6 is 0 Å². The Hall–Kier alpha value is -1.38. The van der Waals surface area contributed by atoms with E-state index in [1.165, 1.54) is 4.90 Å². The van der Waals surface area contributed by atoms with Crippen molar-refractivity contribution in [1.29, 1.82) is 0 Å². The molecule has 2 heterocycles. The zero-order chi connectivity index (χ0) is 17.3. The van der Waals surface area contributed by atoms with Gasteiger partial charge in [-0.3, -0.25) is 9.69 Å². The highest BCUT2D eigenvalue weighted by molar-refractivity contribution is 5.79. The Morgan fingerprint density at radius 1 is 1.39 bits per heavy atom. The fraction of sp³-hybridized carbons (Fsp3) is 0.867. The molecule has 0 spiro atoms. The fourth-order valence-corrected chi connectivity index (χ4v) is 2.90. The molecule has 2 saturated heterocycles. The number of hydrogen-bond acceptors (Lipinski definition) is 6. The van der Waals surface area contributed by atoms with Crippen LogP contribution in [0.4, 0.5) is 4.79 Å². The molecule has 0 bridgehead atoms. The van der Waals surface area contributed by atoms with Crippen molar-refractivity contribution in [1.82, 2.24) is 9.80 Å². The molecule has 3 N–H and O–H groups in total. The molecule has 132 valence electrons. The molecule has 2 unspecified atom stereocenters. The van der Waals surface area contributed by atoms with E-state index in [-0.39, 0.29) is 6.54 Å². The van der Waals surface area contributed by atoms with Gasteiger partial charge in [-0.15, -0.1) is 0 Å². The zero-order valence-corrected chi connectivity index (χ0v) is 14.1. The molecule has 23 heavy (non-hydrogen) atoms. The van der Waals surface area contributed by atoms with Crippen molar-refractivity contribution in [3.63, 3.8) is 0 Å². The number of rotatable bonds is 3. The van der Waals surface area contributed by atoms with Gasteiger partial charge in [0.05, 0.1) is 18.8 Å². The summed E-state index contributed by atoms with van der Waals surface area (Å²) in [5, 5.41) is 10.7. The topological polar surface area (TPSA) is 105 Å². The third-order valence-corrected chi connectivity index (χ3v) is 3.97. The Morgan fingerprint density at radius 3 is 2.70 bits per heavy atom. The highest BCUT2D eigenvalue weighted by Crippen LogP contribution is 2.25. The smallest absolute Gasteiger partial charge is 0.410 e. The number of primary amides is 1. The van der Waals surface area contributed by atoms with E-state index in [4.69, 9.17) is 15.2 Å². The number of ether oxygens (including phenoxy) is 2. The SMILES string of the molecule is CC(C)(C)OC(=O)N1CCC(O)(CN2CCOC(C(N)=O)C2)C1. The number of likely N-dealkylation sites (tertiary alicyclic amines) is 1. The van der Waals surface area contributed by atoms with Crippen molar-refractivity contribution in [2.75, 3.05) is 39.3 Å². The molecule has 0 aromatic heterocycles. The molecule has 0 aliphatic carbocycles. The number of morpholine rings is 1. The van der Waals surface area contributed by atoms with E-state index in [9.17, 15) is 14.7 Å². The summed E-state index contributed by atoms with van der Waals surface area (Å²) in [5.74, 6) is -0.497. The first-order valence-electron chi connectivity index (χ1n) is 7.92. The normalized spacial score (nSPS) is 29.6. The predicted octanol–water partition coefficient (Wildman–Crippen LogP) is -0.456. The van der Waals surface area contributed by atoms with E-state index in [1.807, 2.05) is 25.7 Å². The van der Waals surface area contributed by atoms with Gasteiger partial charge in [-0.2, -0.15) is 0 Å². The lowest BCUT2D eigenvalue weighted by Crippen LogP contribution is -2.54. The maximum atomic E-state index is 12.1. The Morgan fingerprint density at radius 2 is 2.09 bits per heavy atom. The molecule has 2 fully saturated rings. The van der Waals surface area contributed by atoms with Gasteiger partial charge in [-0.05, 0) is 27.2 Å². The van der Waals surface area contributed by atoms with E-state index in [2.05, 4.69) is 0 Å². The molecule has 2 atom stereocenters. The van der Waals surface area contributed by atoms with E-state index in [0.717, 1.165) is 0 Å². The van der Waals surface area contributed by atoms with Crippen LogP contribution in [-0.4, -0.2) is 83.5 Å². The minimum atomic E-state index is -1.00. The summed E-state index contributed by atoms with van der Waals surface area (Å²) in [6.45, 7) is 7.87. The van der Waals surface area contributed by atoms with E-state index in [1.54, 1.807) is 0 Å². The van der Waals surface area contributed by atoms with Gasteiger partial charge in [-0.1, -0.05) is 0 Å². The van der Waals surface area contributed by atoms with E-state index < -0.39 is 29.3 Å². The molecule has 8 heteroatoms. The van der Waals surface area contributed by atoms with E-state index >= 15 is 0 Å². The van der Waals surface area contributed by atoms with Crippen molar-refractivity contribution >= 4 is 12.0 Å². The Bertz CT molecular complexity index is 465. The number of nitrogens with two attached hydrogens (primary N) is 1. The van der Waals surface area contributed by atoms with Crippen LogP contribution in [0.2, 0.25) is 0 Å². The molecule has 2 aliphatic heterocycles. The first-order chi connectivity index (χ1) is 10.6. The van der Waals surface area contributed by atoms with Crippen molar-refractivity contribution < 1.29 is 24.2 Å². The van der Waals surface area contributed by atoms with Crippen LogP contribution in [0, 0.1) is 0 Å². The summed E-state index contributed by atoms with van der Waals surface area (Å²) >= 11 is 0. The van der Waals surface area contributed by atoms with Gasteiger partial charge >= 0.3 is 6.09 Å². The predicted molar refractivity (Wildman–Crippen MR) is 82.7 cm³/mol. The first kappa shape index (κ1) is 18.0. The summed E-state index contributed by atoms with van der Waals surface area (Å²) in [4.78, 5) is 26.8. The summed E-state index contributed by atoms with van der Waals surface area (Å²) in [6.07, 6.45) is -0.577. The lowest BCUT2D eigenvalue weighted by atomic mass is 10.0. The second kappa shape index (κ2) is 6.62. The number of carbonyl (C=O) groups is 2.